The van der Waals surface area contributed by atoms with E-state index in [1.807, 2.05) is 30.3 Å². The molecular formula is C11H13NO2. The van der Waals surface area contributed by atoms with Crippen molar-refractivity contribution >= 4 is 11.6 Å². The predicted molar refractivity (Wildman–Crippen MR) is 55.8 cm³/mol. The fourth-order valence-electron chi connectivity index (χ4n) is 1.06. The second-order valence-electron chi connectivity index (χ2n) is 2.68. The normalized spacial score (nSPS) is 10.9. The largest absolute Gasteiger partial charge is 0.491 e. The zero-order valence-electron chi connectivity index (χ0n) is 8.28. The van der Waals surface area contributed by atoms with Crippen LogP contribution >= 0.6 is 0 Å². The van der Waals surface area contributed by atoms with Crippen LogP contribution in [-0.4, -0.2) is 13.0 Å². The maximum absolute atomic E-state index is 11.5. The van der Waals surface area contributed by atoms with Crippen LogP contribution in [-0.2, 0) is 9.53 Å². The topological polar surface area (TPSA) is 38.3 Å². The minimum Gasteiger partial charge on any atom is -0.491 e. The molecule has 0 aliphatic rings. The number of hydrogen-bond donors (Lipinski definition) is 1. The van der Waals surface area contributed by atoms with E-state index in [0.717, 1.165) is 5.69 Å². The molecule has 0 atom stereocenters. The van der Waals surface area contributed by atoms with E-state index in [9.17, 15) is 4.79 Å². The average molecular weight is 191 g/mol. The van der Waals surface area contributed by atoms with Gasteiger partial charge in [-0.3, -0.25) is 4.79 Å². The van der Waals surface area contributed by atoms with E-state index in [0.29, 0.717) is 5.76 Å². The molecule has 0 spiro atoms. The van der Waals surface area contributed by atoms with Crippen LogP contribution in [0.25, 0.3) is 0 Å². The van der Waals surface area contributed by atoms with Crippen molar-refractivity contribution < 1.29 is 9.53 Å². The minimum atomic E-state index is -0.235. The van der Waals surface area contributed by atoms with Gasteiger partial charge in [0.05, 0.1) is 7.11 Å². The zero-order chi connectivity index (χ0) is 10.4. The number of carbonyl (C=O) groups excluding carboxylic acids is 1. The highest BCUT2D eigenvalue weighted by molar-refractivity contribution is 6.02. The maximum Gasteiger partial charge on any atom is 0.290 e. The molecule has 0 bridgehead atoms. The monoisotopic (exact) mass is 191 g/mol. The van der Waals surface area contributed by atoms with Gasteiger partial charge in [0.1, 0.15) is 0 Å². The maximum atomic E-state index is 11.5. The van der Waals surface area contributed by atoms with E-state index < -0.39 is 0 Å². The molecule has 74 valence electrons. The van der Waals surface area contributed by atoms with Gasteiger partial charge in [-0.1, -0.05) is 18.2 Å². The van der Waals surface area contributed by atoms with Gasteiger partial charge in [0, 0.05) is 5.69 Å². The van der Waals surface area contributed by atoms with Crippen LogP contribution in [0.3, 0.4) is 0 Å². The van der Waals surface area contributed by atoms with Gasteiger partial charge in [0.15, 0.2) is 5.76 Å². The number of ether oxygens (including phenoxy) is 1. The Morgan fingerprint density at radius 1 is 1.36 bits per heavy atom. The molecule has 1 amide bonds. The Labute approximate surface area is 83.4 Å². The van der Waals surface area contributed by atoms with Gasteiger partial charge < -0.3 is 10.1 Å². The Hall–Kier alpha value is -1.77. The molecule has 1 aromatic carbocycles. The molecular weight excluding hydrogens is 178 g/mol. The highest BCUT2D eigenvalue weighted by atomic mass is 16.5. The van der Waals surface area contributed by atoms with Gasteiger partial charge in [0.25, 0.3) is 5.91 Å². The van der Waals surface area contributed by atoms with E-state index in [1.54, 1.807) is 13.0 Å². The van der Waals surface area contributed by atoms with Crippen LogP contribution in [0.2, 0.25) is 0 Å². The quantitative estimate of drug-likeness (QED) is 0.587. The Bertz CT molecular complexity index is 330. The van der Waals surface area contributed by atoms with Gasteiger partial charge in [-0.25, -0.2) is 0 Å². The standard InChI is InChI=1S/C11H13NO2/c1-3-10(14-2)11(13)12-9-7-5-4-6-8-9/h3-8H,1-2H3,(H,12,13)/b10-3-. The predicted octanol–water partition coefficient (Wildman–Crippen LogP) is 2.18. The molecule has 0 aliphatic heterocycles. The summed E-state index contributed by atoms with van der Waals surface area (Å²) in [6, 6.07) is 9.25. The summed E-state index contributed by atoms with van der Waals surface area (Å²) in [5.41, 5.74) is 0.758. The minimum absolute atomic E-state index is 0.235. The first-order valence-electron chi connectivity index (χ1n) is 4.34. The molecule has 1 aromatic rings. The first kappa shape index (κ1) is 10.3. The lowest BCUT2D eigenvalue weighted by Crippen LogP contribution is -2.15. The lowest BCUT2D eigenvalue weighted by molar-refractivity contribution is -0.115. The van der Waals surface area contributed by atoms with Gasteiger partial charge in [-0.15, -0.1) is 0 Å². The van der Waals surface area contributed by atoms with E-state index in [4.69, 9.17) is 4.74 Å². The third-order valence-electron chi connectivity index (χ3n) is 1.74. The van der Waals surface area contributed by atoms with Gasteiger partial charge >= 0.3 is 0 Å². The van der Waals surface area contributed by atoms with Crippen LogP contribution in [0.1, 0.15) is 6.92 Å². The summed E-state index contributed by atoms with van der Waals surface area (Å²) in [5, 5.41) is 2.71. The van der Waals surface area contributed by atoms with Gasteiger partial charge in [-0.2, -0.15) is 0 Å². The number of anilines is 1. The lowest BCUT2D eigenvalue weighted by Gasteiger charge is -2.06. The number of nitrogens with one attached hydrogen (secondary N) is 1. The highest BCUT2D eigenvalue weighted by Crippen LogP contribution is 2.07. The summed E-state index contributed by atoms with van der Waals surface area (Å²) in [4.78, 5) is 11.5. The molecule has 14 heavy (non-hydrogen) atoms. The number of amides is 1. The van der Waals surface area contributed by atoms with Crippen molar-refractivity contribution in [3.63, 3.8) is 0 Å². The zero-order valence-corrected chi connectivity index (χ0v) is 8.28. The molecule has 0 aliphatic carbocycles. The second-order valence-corrected chi connectivity index (χ2v) is 2.68. The molecule has 0 radical (unpaired) electrons. The third kappa shape index (κ3) is 2.62. The molecule has 0 heterocycles. The second kappa shape index (κ2) is 5.07. The van der Waals surface area contributed by atoms with Crippen LogP contribution in [0.4, 0.5) is 5.69 Å². The van der Waals surface area contributed by atoms with Crippen molar-refractivity contribution in [1.29, 1.82) is 0 Å². The average Bonchev–Trinajstić information content (AvgIpc) is 2.21. The summed E-state index contributed by atoms with van der Waals surface area (Å²) >= 11 is 0. The van der Waals surface area contributed by atoms with E-state index in [2.05, 4.69) is 5.32 Å². The van der Waals surface area contributed by atoms with Crippen LogP contribution in [0, 0.1) is 0 Å². The summed E-state index contributed by atoms with van der Waals surface area (Å²) in [5.74, 6) is 0.0788. The van der Waals surface area contributed by atoms with Crippen LogP contribution in [0.15, 0.2) is 42.2 Å². The number of hydrogen-bond acceptors (Lipinski definition) is 2. The molecule has 0 unspecified atom stereocenters. The summed E-state index contributed by atoms with van der Waals surface area (Å²) in [6.45, 7) is 1.75. The Morgan fingerprint density at radius 3 is 2.50 bits per heavy atom. The van der Waals surface area contributed by atoms with Crippen molar-refractivity contribution in [3.8, 4) is 0 Å². The first-order chi connectivity index (χ1) is 6.77. The molecule has 0 fully saturated rings. The Balaban J connectivity index is 2.66. The summed E-state index contributed by atoms with van der Waals surface area (Å²) in [6.07, 6.45) is 1.62. The molecule has 0 saturated carbocycles. The Kier molecular flexibility index (Phi) is 3.73. The van der Waals surface area contributed by atoms with E-state index in [1.165, 1.54) is 7.11 Å². The molecule has 1 rings (SSSR count). The fraction of sp³-hybridized carbons (Fsp3) is 0.182. The number of para-hydroxylation sites is 1. The summed E-state index contributed by atoms with van der Waals surface area (Å²) < 4.78 is 4.88. The van der Waals surface area contributed by atoms with Crippen molar-refractivity contribution in [2.45, 2.75) is 6.92 Å². The molecule has 3 heteroatoms. The fourth-order valence-corrected chi connectivity index (χ4v) is 1.06. The SMILES string of the molecule is C/C=C(\OC)C(=O)Nc1ccccc1. The number of methoxy groups -OCH3 is 1. The van der Waals surface area contributed by atoms with Crippen molar-refractivity contribution in [2.75, 3.05) is 12.4 Å². The van der Waals surface area contributed by atoms with Crippen molar-refractivity contribution in [1.82, 2.24) is 0 Å². The molecule has 0 aromatic heterocycles. The number of benzene rings is 1. The number of rotatable bonds is 3. The van der Waals surface area contributed by atoms with E-state index >= 15 is 0 Å². The van der Waals surface area contributed by atoms with Crippen LogP contribution in [0.5, 0.6) is 0 Å². The van der Waals surface area contributed by atoms with Crippen molar-refractivity contribution in [3.05, 3.63) is 42.2 Å². The number of allylic oxidation sites excluding steroid dienone is 1. The van der Waals surface area contributed by atoms with Gasteiger partial charge in [-0.05, 0) is 25.1 Å². The number of carbonyl (C=O) groups is 1. The van der Waals surface area contributed by atoms with E-state index in [-0.39, 0.29) is 5.91 Å². The van der Waals surface area contributed by atoms with Crippen molar-refractivity contribution in [2.24, 2.45) is 0 Å². The van der Waals surface area contributed by atoms with Gasteiger partial charge in [0.2, 0.25) is 0 Å². The first-order valence-corrected chi connectivity index (χ1v) is 4.34. The summed E-state index contributed by atoms with van der Waals surface area (Å²) in [7, 11) is 1.47. The third-order valence-corrected chi connectivity index (χ3v) is 1.74. The van der Waals surface area contributed by atoms with Crippen LogP contribution < -0.4 is 5.32 Å². The molecule has 0 saturated heterocycles. The molecule has 3 nitrogen and oxygen atoms in total. The Morgan fingerprint density at radius 2 is 2.00 bits per heavy atom. The lowest BCUT2D eigenvalue weighted by atomic mass is 10.3. The molecule has 1 N–H and O–H groups in total. The smallest absolute Gasteiger partial charge is 0.290 e. The highest BCUT2D eigenvalue weighted by Gasteiger charge is 2.07.